The molecule has 1 unspecified atom stereocenters. The zero-order valence-electron chi connectivity index (χ0n) is 9.28. The van der Waals surface area contributed by atoms with Gasteiger partial charge in [-0.3, -0.25) is 0 Å². The van der Waals surface area contributed by atoms with E-state index < -0.39 is 0 Å². The fraction of sp³-hybridized carbons (Fsp3) is 0.538. The first-order valence-corrected chi connectivity index (χ1v) is 6.84. The molecular weight excluding hydrogens is 202 g/mol. The van der Waals surface area contributed by atoms with E-state index in [0.29, 0.717) is 0 Å². The van der Waals surface area contributed by atoms with Gasteiger partial charge in [0.05, 0.1) is 0 Å². The van der Waals surface area contributed by atoms with Crippen LogP contribution in [0.3, 0.4) is 0 Å². The van der Waals surface area contributed by atoms with Gasteiger partial charge in [0.15, 0.2) is 0 Å². The summed E-state index contributed by atoms with van der Waals surface area (Å²) in [5.74, 6) is 3.35. The van der Waals surface area contributed by atoms with Crippen molar-refractivity contribution < 1.29 is 0 Å². The maximum absolute atomic E-state index is 3.43. The monoisotopic (exact) mass is 221 g/mol. The zero-order valence-corrected chi connectivity index (χ0v) is 10.1. The standard InChI is InChI=1S/C13H19NS/c1-14-13(12-7-8-12)10-15-9-11-5-3-2-4-6-11/h2-6,12-14H,7-10H2,1H3. The molecule has 1 atom stereocenters. The SMILES string of the molecule is CNC(CSCc1ccccc1)C1CC1. The number of nitrogens with one attached hydrogen (secondary N) is 1. The summed E-state index contributed by atoms with van der Waals surface area (Å²) in [6, 6.07) is 11.5. The van der Waals surface area contributed by atoms with Gasteiger partial charge in [0, 0.05) is 17.5 Å². The predicted octanol–water partition coefficient (Wildman–Crippen LogP) is 2.92. The van der Waals surface area contributed by atoms with E-state index in [2.05, 4.69) is 42.7 Å². The lowest BCUT2D eigenvalue weighted by Crippen LogP contribution is -2.29. The number of benzene rings is 1. The molecule has 0 radical (unpaired) electrons. The van der Waals surface area contributed by atoms with E-state index in [1.165, 1.54) is 24.2 Å². The van der Waals surface area contributed by atoms with Crippen molar-refractivity contribution in [3.8, 4) is 0 Å². The van der Waals surface area contributed by atoms with Crippen molar-refractivity contribution in [1.82, 2.24) is 5.32 Å². The first kappa shape index (κ1) is 11.0. The largest absolute Gasteiger partial charge is 0.316 e. The average Bonchev–Trinajstić information content (AvgIpc) is 3.10. The predicted molar refractivity (Wildman–Crippen MR) is 68.2 cm³/mol. The summed E-state index contributed by atoms with van der Waals surface area (Å²) in [7, 11) is 2.09. The smallest absolute Gasteiger partial charge is 0.0185 e. The third-order valence-electron chi connectivity index (χ3n) is 2.97. The summed E-state index contributed by atoms with van der Waals surface area (Å²) >= 11 is 2.04. The summed E-state index contributed by atoms with van der Waals surface area (Å²) in [6.45, 7) is 0. The molecule has 0 heterocycles. The average molecular weight is 221 g/mol. The first-order valence-electron chi connectivity index (χ1n) is 5.69. The van der Waals surface area contributed by atoms with Crippen LogP contribution < -0.4 is 5.32 Å². The minimum absolute atomic E-state index is 0.735. The van der Waals surface area contributed by atoms with Crippen LogP contribution in [0.2, 0.25) is 0 Å². The third-order valence-corrected chi connectivity index (χ3v) is 4.10. The van der Waals surface area contributed by atoms with E-state index in [4.69, 9.17) is 0 Å². The van der Waals surface area contributed by atoms with Crippen molar-refractivity contribution in [2.75, 3.05) is 12.8 Å². The highest BCUT2D eigenvalue weighted by Crippen LogP contribution is 2.34. The van der Waals surface area contributed by atoms with E-state index in [1.807, 2.05) is 11.8 Å². The van der Waals surface area contributed by atoms with Crippen molar-refractivity contribution in [2.24, 2.45) is 5.92 Å². The van der Waals surface area contributed by atoms with Crippen molar-refractivity contribution in [3.63, 3.8) is 0 Å². The van der Waals surface area contributed by atoms with E-state index in [0.717, 1.165) is 17.7 Å². The van der Waals surface area contributed by atoms with Gasteiger partial charge in [-0.05, 0) is 31.4 Å². The molecule has 0 bridgehead atoms. The highest BCUT2D eigenvalue weighted by Gasteiger charge is 2.29. The number of hydrogen-bond acceptors (Lipinski definition) is 2. The molecule has 0 saturated heterocycles. The molecular formula is C13H19NS. The number of hydrogen-bond donors (Lipinski definition) is 1. The molecule has 0 spiro atoms. The summed E-state index contributed by atoms with van der Waals surface area (Å²) in [5, 5.41) is 3.43. The van der Waals surface area contributed by atoms with E-state index in [1.54, 1.807) is 0 Å². The van der Waals surface area contributed by atoms with Gasteiger partial charge in [-0.1, -0.05) is 30.3 Å². The third kappa shape index (κ3) is 3.54. The Morgan fingerprint density at radius 1 is 1.33 bits per heavy atom. The van der Waals surface area contributed by atoms with Gasteiger partial charge in [0.2, 0.25) is 0 Å². The zero-order chi connectivity index (χ0) is 10.5. The highest BCUT2D eigenvalue weighted by atomic mass is 32.2. The fourth-order valence-corrected chi connectivity index (χ4v) is 3.07. The summed E-state index contributed by atoms with van der Waals surface area (Å²) in [5.41, 5.74) is 1.44. The Morgan fingerprint density at radius 3 is 2.67 bits per heavy atom. The lowest BCUT2D eigenvalue weighted by Gasteiger charge is -2.14. The molecule has 1 aromatic carbocycles. The Morgan fingerprint density at radius 2 is 2.07 bits per heavy atom. The van der Waals surface area contributed by atoms with E-state index in [9.17, 15) is 0 Å². The summed E-state index contributed by atoms with van der Waals surface area (Å²) < 4.78 is 0. The van der Waals surface area contributed by atoms with Crippen molar-refractivity contribution in [3.05, 3.63) is 35.9 Å². The minimum Gasteiger partial charge on any atom is -0.316 e. The molecule has 0 aromatic heterocycles. The molecule has 2 rings (SSSR count). The molecule has 1 N–H and O–H groups in total. The van der Waals surface area contributed by atoms with Crippen LogP contribution in [0.4, 0.5) is 0 Å². The van der Waals surface area contributed by atoms with Crippen LogP contribution in [0.15, 0.2) is 30.3 Å². The minimum atomic E-state index is 0.735. The second-order valence-corrected chi connectivity index (χ2v) is 5.26. The Hall–Kier alpha value is -0.470. The van der Waals surface area contributed by atoms with Gasteiger partial charge in [-0.25, -0.2) is 0 Å². The first-order chi connectivity index (χ1) is 7.40. The van der Waals surface area contributed by atoms with Crippen LogP contribution in [0.25, 0.3) is 0 Å². The molecule has 15 heavy (non-hydrogen) atoms. The van der Waals surface area contributed by atoms with Crippen LogP contribution in [-0.2, 0) is 5.75 Å². The molecule has 82 valence electrons. The topological polar surface area (TPSA) is 12.0 Å². The fourth-order valence-electron chi connectivity index (χ4n) is 1.83. The van der Waals surface area contributed by atoms with Crippen molar-refractivity contribution >= 4 is 11.8 Å². The molecule has 2 heteroatoms. The van der Waals surface area contributed by atoms with E-state index in [-0.39, 0.29) is 0 Å². The van der Waals surface area contributed by atoms with Crippen molar-refractivity contribution in [1.29, 1.82) is 0 Å². The number of rotatable bonds is 6. The Labute approximate surface area is 96.7 Å². The lowest BCUT2D eigenvalue weighted by atomic mass is 10.2. The van der Waals surface area contributed by atoms with Gasteiger partial charge in [0.25, 0.3) is 0 Å². The molecule has 1 fully saturated rings. The molecule has 1 aliphatic carbocycles. The van der Waals surface area contributed by atoms with E-state index >= 15 is 0 Å². The van der Waals surface area contributed by atoms with Crippen molar-refractivity contribution in [2.45, 2.75) is 24.6 Å². The molecule has 0 amide bonds. The van der Waals surface area contributed by atoms with Crippen LogP contribution in [-0.4, -0.2) is 18.8 Å². The second-order valence-electron chi connectivity index (χ2n) is 4.23. The summed E-state index contributed by atoms with van der Waals surface area (Å²) in [4.78, 5) is 0. The quantitative estimate of drug-likeness (QED) is 0.792. The molecule has 1 nitrogen and oxygen atoms in total. The van der Waals surface area contributed by atoms with Crippen LogP contribution in [0.5, 0.6) is 0 Å². The lowest BCUT2D eigenvalue weighted by molar-refractivity contribution is 0.554. The Bertz CT molecular complexity index is 282. The summed E-state index contributed by atoms with van der Waals surface area (Å²) in [6.07, 6.45) is 2.86. The second kappa shape index (κ2) is 5.57. The normalized spacial score (nSPS) is 17.7. The van der Waals surface area contributed by atoms with Gasteiger partial charge in [-0.2, -0.15) is 11.8 Å². The van der Waals surface area contributed by atoms with Gasteiger partial charge >= 0.3 is 0 Å². The van der Waals surface area contributed by atoms with Crippen LogP contribution >= 0.6 is 11.8 Å². The maximum Gasteiger partial charge on any atom is 0.0185 e. The maximum atomic E-state index is 3.43. The molecule has 1 aliphatic rings. The Kier molecular flexibility index (Phi) is 4.09. The molecule has 0 aliphatic heterocycles. The molecule has 1 saturated carbocycles. The highest BCUT2D eigenvalue weighted by molar-refractivity contribution is 7.98. The van der Waals surface area contributed by atoms with Gasteiger partial charge < -0.3 is 5.32 Å². The molecule has 1 aromatic rings. The van der Waals surface area contributed by atoms with Gasteiger partial charge in [0.1, 0.15) is 0 Å². The Balaban J connectivity index is 1.69. The van der Waals surface area contributed by atoms with Crippen LogP contribution in [0, 0.1) is 5.92 Å². The number of thioether (sulfide) groups is 1. The van der Waals surface area contributed by atoms with Crippen LogP contribution in [0.1, 0.15) is 18.4 Å². The van der Waals surface area contributed by atoms with Gasteiger partial charge in [-0.15, -0.1) is 0 Å².